The summed E-state index contributed by atoms with van der Waals surface area (Å²) in [5.74, 6) is -1.08. The van der Waals surface area contributed by atoms with E-state index in [1.165, 1.54) is 16.5 Å². The summed E-state index contributed by atoms with van der Waals surface area (Å²) in [6.07, 6.45) is 1.60. The smallest absolute Gasteiger partial charge is 0.275 e. The Kier molecular flexibility index (Phi) is 6.26. The molecule has 0 unspecified atom stereocenters. The molecule has 2 aromatic heterocycles. The molecule has 0 bridgehead atoms. The monoisotopic (exact) mass is 560 g/mol. The second-order valence-electron chi connectivity index (χ2n) is 10.5. The summed E-state index contributed by atoms with van der Waals surface area (Å²) in [4.78, 5) is 19.3. The SMILES string of the molecule is [C-]#[N+]c1cn(C)nc1-c1cc2c(cc1OC)OCc1c(C(=O)N3CCOCC3(C)C)nn(-c3cc(F)cc(F)c3)c1-2. The van der Waals surface area contributed by atoms with Crippen molar-refractivity contribution in [3.8, 4) is 39.7 Å². The Morgan fingerprint density at radius 2 is 1.88 bits per heavy atom. The topological polar surface area (TPSA) is 88.0 Å². The first-order chi connectivity index (χ1) is 19.6. The van der Waals surface area contributed by atoms with Crippen LogP contribution in [0, 0.1) is 18.2 Å². The third-order valence-corrected chi connectivity index (χ3v) is 7.28. The van der Waals surface area contributed by atoms with Gasteiger partial charge in [0.25, 0.3) is 5.91 Å². The highest BCUT2D eigenvalue weighted by atomic mass is 19.1. The number of morpholine rings is 1. The van der Waals surface area contributed by atoms with Crippen molar-refractivity contribution in [2.45, 2.75) is 26.0 Å². The zero-order valence-corrected chi connectivity index (χ0v) is 22.9. The number of halogens is 2. The van der Waals surface area contributed by atoms with Crippen molar-refractivity contribution in [3.05, 3.63) is 70.8 Å². The Morgan fingerprint density at radius 1 is 1.12 bits per heavy atom. The number of carbonyl (C=O) groups is 1. The average molecular weight is 561 g/mol. The van der Waals surface area contributed by atoms with E-state index in [1.807, 2.05) is 13.8 Å². The molecule has 4 heterocycles. The van der Waals surface area contributed by atoms with Gasteiger partial charge in [-0.05, 0) is 32.0 Å². The standard InChI is InChI=1S/C29H26F2N6O4/c1-29(2)15-40-7-6-36(29)28(38)26-21-14-41-24-12-23(39-5)19(25-22(32-3)13-35(4)33-25)11-20(24)27(21)37(34-26)18-9-16(30)8-17(31)10-18/h8-13H,6-7,14-15H2,1-2,4-5H3. The van der Waals surface area contributed by atoms with E-state index in [4.69, 9.17) is 20.8 Å². The van der Waals surface area contributed by atoms with E-state index < -0.39 is 17.2 Å². The molecular weight excluding hydrogens is 534 g/mol. The number of rotatable bonds is 4. The van der Waals surface area contributed by atoms with Gasteiger partial charge in [-0.2, -0.15) is 10.2 Å². The molecule has 2 aliphatic heterocycles. The van der Waals surface area contributed by atoms with Gasteiger partial charge in [-0.3, -0.25) is 9.48 Å². The molecule has 1 saturated heterocycles. The second-order valence-corrected chi connectivity index (χ2v) is 10.5. The number of nitrogens with zero attached hydrogens (tertiary/aromatic N) is 6. The van der Waals surface area contributed by atoms with E-state index in [2.05, 4.69) is 15.0 Å². The normalized spacial score (nSPS) is 15.5. The number of amides is 1. The molecule has 1 fully saturated rings. The first kappa shape index (κ1) is 26.5. The summed E-state index contributed by atoms with van der Waals surface area (Å²) in [6, 6.07) is 6.49. The highest BCUT2D eigenvalue weighted by Crippen LogP contribution is 2.47. The lowest BCUT2D eigenvalue weighted by Crippen LogP contribution is -2.55. The number of ether oxygens (including phenoxy) is 3. The fourth-order valence-electron chi connectivity index (χ4n) is 5.37. The third-order valence-electron chi connectivity index (χ3n) is 7.28. The van der Waals surface area contributed by atoms with E-state index in [0.717, 1.165) is 18.2 Å². The highest BCUT2D eigenvalue weighted by molar-refractivity contribution is 5.97. The Morgan fingerprint density at radius 3 is 2.56 bits per heavy atom. The van der Waals surface area contributed by atoms with Gasteiger partial charge in [-0.25, -0.2) is 18.3 Å². The van der Waals surface area contributed by atoms with Gasteiger partial charge in [0, 0.05) is 48.6 Å². The number of methoxy groups -OCH3 is 1. The zero-order chi connectivity index (χ0) is 29.1. The minimum Gasteiger partial charge on any atom is -0.496 e. The lowest BCUT2D eigenvalue weighted by molar-refractivity contribution is -0.0374. The number of benzene rings is 2. The maximum atomic E-state index is 14.4. The van der Waals surface area contributed by atoms with Crippen LogP contribution in [-0.4, -0.2) is 62.8 Å². The van der Waals surface area contributed by atoms with Crippen molar-refractivity contribution in [2.75, 3.05) is 26.9 Å². The molecule has 4 aromatic rings. The quantitative estimate of drug-likeness (QED) is 0.330. The van der Waals surface area contributed by atoms with E-state index in [-0.39, 0.29) is 23.9 Å². The van der Waals surface area contributed by atoms with Crippen LogP contribution in [-0.2, 0) is 18.4 Å². The number of aromatic nitrogens is 4. The lowest BCUT2D eigenvalue weighted by Gasteiger charge is -2.41. The van der Waals surface area contributed by atoms with Gasteiger partial charge in [0.2, 0.25) is 5.69 Å². The first-order valence-corrected chi connectivity index (χ1v) is 12.9. The summed E-state index contributed by atoms with van der Waals surface area (Å²) in [5, 5.41) is 9.11. The Bertz CT molecular complexity index is 1730. The molecule has 0 spiro atoms. The van der Waals surface area contributed by atoms with Gasteiger partial charge in [-0.15, -0.1) is 0 Å². The minimum absolute atomic E-state index is 0.00857. The molecule has 0 saturated carbocycles. The summed E-state index contributed by atoms with van der Waals surface area (Å²) in [6.45, 7) is 12.5. The molecule has 1 amide bonds. The van der Waals surface area contributed by atoms with Crippen LogP contribution in [0.1, 0.15) is 29.9 Å². The van der Waals surface area contributed by atoms with Crippen molar-refractivity contribution >= 4 is 11.6 Å². The molecule has 2 aliphatic rings. The highest BCUT2D eigenvalue weighted by Gasteiger charge is 2.39. The molecule has 10 nitrogen and oxygen atoms in total. The van der Waals surface area contributed by atoms with Crippen molar-refractivity contribution in [1.82, 2.24) is 24.5 Å². The molecule has 0 atom stereocenters. The molecule has 0 N–H and O–H groups in total. The maximum Gasteiger partial charge on any atom is 0.275 e. The Balaban J connectivity index is 1.61. The largest absolute Gasteiger partial charge is 0.496 e. The van der Waals surface area contributed by atoms with Crippen LogP contribution in [0.2, 0.25) is 0 Å². The van der Waals surface area contributed by atoms with Gasteiger partial charge in [0.05, 0.1) is 43.8 Å². The van der Waals surface area contributed by atoms with Crippen LogP contribution in [0.25, 0.3) is 33.0 Å². The summed E-state index contributed by atoms with van der Waals surface area (Å²) in [7, 11) is 3.21. The van der Waals surface area contributed by atoms with Gasteiger partial charge < -0.3 is 19.1 Å². The van der Waals surface area contributed by atoms with E-state index in [9.17, 15) is 13.6 Å². The molecule has 6 rings (SSSR count). The Hall–Kier alpha value is -4.76. The summed E-state index contributed by atoms with van der Waals surface area (Å²) < 4.78 is 49.1. The van der Waals surface area contributed by atoms with E-state index in [0.29, 0.717) is 65.0 Å². The van der Waals surface area contributed by atoms with E-state index >= 15 is 0 Å². The van der Waals surface area contributed by atoms with Crippen LogP contribution in [0.4, 0.5) is 14.5 Å². The van der Waals surface area contributed by atoms with Gasteiger partial charge in [-0.1, -0.05) is 0 Å². The summed E-state index contributed by atoms with van der Waals surface area (Å²) >= 11 is 0. The molecular formula is C29H26F2N6O4. The van der Waals surface area contributed by atoms with Crippen LogP contribution in [0.3, 0.4) is 0 Å². The van der Waals surface area contributed by atoms with Gasteiger partial charge in [0.15, 0.2) is 5.69 Å². The van der Waals surface area contributed by atoms with Crippen LogP contribution >= 0.6 is 0 Å². The molecule has 2 aromatic carbocycles. The van der Waals surface area contributed by atoms with Gasteiger partial charge in [0.1, 0.15) is 35.4 Å². The van der Waals surface area contributed by atoms with Crippen molar-refractivity contribution in [3.63, 3.8) is 0 Å². The molecule has 41 heavy (non-hydrogen) atoms. The number of fused-ring (bicyclic) bond motifs is 3. The second kappa shape index (κ2) is 9.71. The first-order valence-electron chi connectivity index (χ1n) is 12.9. The molecule has 0 aliphatic carbocycles. The number of hydrogen-bond acceptors (Lipinski definition) is 6. The van der Waals surface area contributed by atoms with Crippen LogP contribution < -0.4 is 9.47 Å². The fraction of sp³-hybridized carbons (Fsp3) is 0.310. The lowest BCUT2D eigenvalue weighted by atomic mass is 9.96. The number of hydrogen-bond donors (Lipinski definition) is 0. The van der Waals surface area contributed by atoms with Crippen molar-refractivity contribution < 1.29 is 27.8 Å². The van der Waals surface area contributed by atoms with Crippen LogP contribution in [0.15, 0.2) is 36.5 Å². The minimum atomic E-state index is -0.788. The predicted molar refractivity (Wildman–Crippen MR) is 144 cm³/mol. The summed E-state index contributed by atoms with van der Waals surface area (Å²) in [5.41, 5.74) is 2.24. The molecule has 12 heteroatoms. The van der Waals surface area contributed by atoms with E-state index in [1.54, 1.807) is 30.3 Å². The predicted octanol–water partition coefficient (Wildman–Crippen LogP) is 4.92. The average Bonchev–Trinajstić information content (AvgIpc) is 3.51. The van der Waals surface area contributed by atoms with Crippen LogP contribution in [0.5, 0.6) is 11.5 Å². The number of carbonyl (C=O) groups excluding carboxylic acids is 1. The molecule has 0 radical (unpaired) electrons. The third kappa shape index (κ3) is 4.38. The fourth-order valence-corrected chi connectivity index (χ4v) is 5.37. The molecule has 210 valence electrons. The number of aryl methyl sites for hydroxylation is 1. The zero-order valence-electron chi connectivity index (χ0n) is 22.9. The van der Waals surface area contributed by atoms with Crippen molar-refractivity contribution in [2.24, 2.45) is 7.05 Å². The van der Waals surface area contributed by atoms with Gasteiger partial charge >= 0.3 is 0 Å². The Labute approximate surface area is 234 Å². The van der Waals surface area contributed by atoms with Crippen molar-refractivity contribution in [1.29, 1.82) is 0 Å². The maximum absolute atomic E-state index is 14.4.